The third-order valence-corrected chi connectivity index (χ3v) is 3.71. The molecule has 1 atom stereocenters. The third kappa shape index (κ3) is 4.35. The van der Waals surface area contributed by atoms with Crippen LogP contribution >= 0.6 is 11.3 Å². The molecule has 1 rings (SSSR count). The van der Waals surface area contributed by atoms with Crippen LogP contribution in [0.4, 0.5) is 0 Å². The monoisotopic (exact) mass is 239 g/mol. The summed E-state index contributed by atoms with van der Waals surface area (Å²) in [6, 6.07) is 3.78. The first-order chi connectivity index (χ1) is 7.77. The Morgan fingerprint density at radius 3 is 2.88 bits per heavy atom. The lowest BCUT2D eigenvalue weighted by Crippen LogP contribution is -2.28. The summed E-state index contributed by atoms with van der Waals surface area (Å²) in [6.07, 6.45) is 4.85. The van der Waals surface area contributed by atoms with E-state index in [9.17, 15) is 4.79 Å². The molecule has 0 radical (unpaired) electrons. The third-order valence-electron chi connectivity index (χ3n) is 2.84. The summed E-state index contributed by atoms with van der Waals surface area (Å²) in [5.74, 6) is 0.703. The van der Waals surface area contributed by atoms with Crippen molar-refractivity contribution in [2.75, 3.05) is 6.54 Å². The van der Waals surface area contributed by atoms with E-state index in [-0.39, 0.29) is 5.91 Å². The molecule has 1 unspecified atom stereocenters. The SMILES string of the molecule is CCCCC(CC)CNC(=O)c1cccs1. The molecular formula is C13H21NOS. The highest BCUT2D eigenvalue weighted by molar-refractivity contribution is 7.12. The lowest BCUT2D eigenvalue weighted by atomic mass is 9.99. The Balaban J connectivity index is 2.29. The van der Waals surface area contributed by atoms with Gasteiger partial charge >= 0.3 is 0 Å². The van der Waals surface area contributed by atoms with Gasteiger partial charge in [-0.25, -0.2) is 0 Å². The Hall–Kier alpha value is -0.830. The highest BCUT2D eigenvalue weighted by Gasteiger charge is 2.10. The fourth-order valence-electron chi connectivity index (χ4n) is 1.68. The van der Waals surface area contributed by atoms with Crippen LogP contribution in [0.15, 0.2) is 17.5 Å². The van der Waals surface area contributed by atoms with Gasteiger partial charge in [0, 0.05) is 6.54 Å². The van der Waals surface area contributed by atoms with Crippen molar-refractivity contribution in [1.82, 2.24) is 5.32 Å². The first-order valence-electron chi connectivity index (χ1n) is 6.09. The van der Waals surface area contributed by atoms with E-state index in [1.54, 1.807) is 0 Å². The molecule has 0 aliphatic rings. The van der Waals surface area contributed by atoms with Crippen molar-refractivity contribution >= 4 is 17.2 Å². The Kier molecular flexibility index (Phi) is 6.16. The van der Waals surface area contributed by atoms with Crippen LogP contribution in [0.1, 0.15) is 49.2 Å². The molecule has 1 heterocycles. The van der Waals surface area contributed by atoms with Gasteiger partial charge < -0.3 is 5.32 Å². The predicted molar refractivity (Wildman–Crippen MR) is 70.0 cm³/mol. The minimum Gasteiger partial charge on any atom is -0.351 e. The van der Waals surface area contributed by atoms with Crippen LogP contribution in [-0.4, -0.2) is 12.5 Å². The van der Waals surface area contributed by atoms with Crippen molar-refractivity contribution in [2.45, 2.75) is 39.5 Å². The summed E-state index contributed by atoms with van der Waals surface area (Å²) in [5.41, 5.74) is 0. The number of amides is 1. The van der Waals surface area contributed by atoms with E-state index in [2.05, 4.69) is 19.2 Å². The van der Waals surface area contributed by atoms with Gasteiger partial charge in [0.1, 0.15) is 0 Å². The first-order valence-corrected chi connectivity index (χ1v) is 6.97. The molecule has 3 heteroatoms. The van der Waals surface area contributed by atoms with Gasteiger partial charge in [-0.15, -0.1) is 11.3 Å². The maximum Gasteiger partial charge on any atom is 0.261 e. The standard InChI is InChI=1S/C13H21NOS/c1-3-5-7-11(4-2)10-14-13(15)12-8-6-9-16-12/h6,8-9,11H,3-5,7,10H2,1-2H3,(H,14,15). The molecule has 1 aromatic rings. The van der Waals surface area contributed by atoms with E-state index in [1.165, 1.54) is 30.6 Å². The van der Waals surface area contributed by atoms with E-state index in [4.69, 9.17) is 0 Å². The van der Waals surface area contributed by atoms with E-state index in [0.717, 1.165) is 17.8 Å². The minimum atomic E-state index is 0.0740. The fraction of sp³-hybridized carbons (Fsp3) is 0.615. The molecule has 1 N–H and O–H groups in total. The second-order valence-corrected chi connectivity index (χ2v) is 5.05. The van der Waals surface area contributed by atoms with Gasteiger partial charge in [0.05, 0.1) is 4.88 Å². The van der Waals surface area contributed by atoms with Crippen LogP contribution in [0.5, 0.6) is 0 Å². The summed E-state index contributed by atoms with van der Waals surface area (Å²) in [4.78, 5) is 12.5. The van der Waals surface area contributed by atoms with E-state index in [1.807, 2.05) is 17.5 Å². The molecule has 0 spiro atoms. The van der Waals surface area contributed by atoms with Crippen molar-refractivity contribution in [1.29, 1.82) is 0 Å². The molecule has 90 valence electrons. The molecule has 0 aromatic carbocycles. The molecule has 0 bridgehead atoms. The number of hydrogen-bond acceptors (Lipinski definition) is 2. The molecule has 1 aromatic heterocycles. The Labute approximate surface area is 102 Å². The van der Waals surface area contributed by atoms with Crippen LogP contribution in [0.3, 0.4) is 0 Å². The number of thiophene rings is 1. The number of unbranched alkanes of at least 4 members (excludes halogenated alkanes) is 1. The van der Waals surface area contributed by atoms with Gasteiger partial charge in [0.2, 0.25) is 0 Å². The normalized spacial score (nSPS) is 12.4. The average molecular weight is 239 g/mol. The maximum absolute atomic E-state index is 11.7. The second kappa shape index (κ2) is 7.44. The molecule has 0 aliphatic carbocycles. The fourth-order valence-corrected chi connectivity index (χ4v) is 2.32. The predicted octanol–water partition coefficient (Wildman–Crippen LogP) is 3.69. The molecule has 0 saturated carbocycles. The van der Waals surface area contributed by atoms with Gasteiger partial charge in [-0.3, -0.25) is 4.79 Å². The quantitative estimate of drug-likeness (QED) is 0.772. The van der Waals surface area contributed by atoms with Crippen LogP contribution in [0.2, 0.25) is 0 Å². The molecule has 0 saturated heterocycles. The van der Waals surface area contributed by atoms with E-state index < -0.39 is 0 Å². The largest absolute Gasteiger partial charge is 0.351 e. The topological polar surface area (TPSA) is 29.1 Å². The summed E-state index contributed by atoms with van der Waals surface area (Å²) in [7, 11) is 0. The zero-order chi connectivity index (χ0) is 11.8. The van der Waals surface area contributed by atoms with Crippen molar-refractivity contribution in [3.05, 3.63) is 22.4 Å². The summed E-state index contributed by atoms with van der Waals surface area (Å²) in [6.45, 7) is 5.21. The van der Waals surface area contributed by atoms with Gasteiger partial charge in [0.25, 0.3) is 5.91 Å². The molecule has 1 amide bonds. The van der Waals surface area contributed by atoms with Crippen molar-refractivity contribution in [3.8, 4) is 0 Å². The number of rotatable bonds is 7. The van der Waals surface area contributed by atoms with E-state index >= 15 is 0 Å². The van der Waals surface area contributed by atoms with Crippen LogP contribution in [0, 0.1) is 5.92 Å². The maximum atomic E-state index is 11.7. The number of carbonyl (C=O) groups is 1. The zero-order valence-corrected chi connectivity index (χ0v) is 11.0. The lowest BCUT2D eigenvalue weighted by Gasteiger charge is -2.14. The molecule has 2 nitrogen and oxygen atoms in total. The van der Waals surface area contributed by atoms with Gasteiger partial charge in [-0.1, -0.05) is 39.2 Å². The molecule has 16 heavy (non-hydrogen) atoms. The van der Waals surface area contributed by atoms with Crippen molar-refractivity contribution in [2.24, 2.45) is 5.92 Å². The molecular weight excluding hydrogens is 218 g/mol. The zero-order valence-electron chi connectivity index (χ0n) is 10.2. The van der Waals surface area contributed by atoms with Crippen molar-refractivity contribution < 1.29 is 4.79 Å². The highest BCUT2D eigenvalue weighted by atomic mass is 32.1. The number of nitrogens with one attached hydrogen (secondary N) is 1. The molecule has 0 fully saturated rings. The van der Waals surface area contributed by atoms with Gasteiger partial charge in [0.15, 0.2) is 0 Å². The average Bonchev–Trinajstić information content (AvgIpc) is 2.82. The Bertz CT molecular complexity index is 295. The van der Waals surface area contributed by atoms with E-state index in [0.29, 0.717) is 5.92 Å². The summed E-state index contributed by atoms with van der Waals surface area (Å²) < 4.78 is 0. The van der Waals surface area contributed by atoms with Gasteiger partial charge in [-0.05, 0) is 23.8 Å². The second-order valence-electron chi connectivity index (χ2n) is 4.10. The number of carbonyl (C=O) groups excluding carboxylic acids is 1. The smallest absolute Gasteiger partial charge is 0.261 e. The van der Waals surface area contributed by atoms with Gasteiger partial charge in [-0.2, -0.15) is 0 Å². The van der Waals surface area contributed by atoms with Crippen LogP contribution in [-0.2, 0) is 0 Å². The highest BCUT2D eigenvalue weighted by Crippen LogP contribution is 2.12. The Morgan fingerprint density at radius 2 is 2.31 bits per heavy atom. The van der Waals surface area contributed by atoms with Crippen LogP contribution in [0.25, 0.3) is 0 Å². The Morgan fingerprint density at radius 1 is 1.50 bits per heavy atom. The minimum absolute atomic E-state index is 0.0740. The molecule has 0 aliphatic heterocycles. The summed E-state index contributed by atoms with van der Waals surface area (Å²) >= 11 is 1.50. The summed E-state index contributed by atoms with van der Waals surface area (Å²) in [5, 5.41) is 4.95. The number of hydrogen-bond donors (Lipinski definition) is 1. The first kappa shape index (κ1) is 13.2. The van der Waals surface area contributed by atoms with Crippen LogP contribution < -0.4 is 5.32 Å². The van der Waals surface area contributed by atoms with Crippen molar-refractivity contribution in [3.63, 3.8) is 0 Å². The lowest BCUT2D eigenvalue weighted by molar-refractivity contribution is 0.0950.